The van der Waals surface area contributed by atoms with Gasteiger partial charge in [0.25, 0.3) is 11.8 Å². The van der Waals surface area contributed by atoms with Crippen molar-refractivity contribution in [1.29, 1.82) is 0 Å². The summed E-state index contributed by atoms with van der Waals surface area (Å²) in [5.74, 6) is 0.457. The summed E-state index contributed by atoms with van der Waals surface area (Å²) in [7, 11) is 0. The fraction of sp³-hybridized carbons (Fsp3) is 0.150. The highest BCUT2D eigenvalue weighted by atomic mass is 16.5. The molecule has 0 bridgehead atoms. The Bertz CT molecular complexity index is 1100. The summed E-state index contributed by atoms with van der Waals surface area (Å²) in [4.78, 5) is 16.2. The second-order valence-corrected chi connectivity index (χ2v) is 6.09. The number of aromatic nitrogens is 4. The van der Waals surface area contributed by atoms with Crippen molar-refractivity contribution in [1.82, 2.24) is 20.3 Å². The van der Waals surface area contributed by atoms with E-state index in [-0.39, 0.29) is 18.4 Å². The third-order valence-electron chi connectivity index (χ3n) is 4.06. The van der Waals surface area contributed by atoms with Gasteiger partial charge in [0.2, 0.25) is 0 Å². The van der Waals surface area contributed by atoms with E-state index in [1.165, 1.54) is 6.20 Å². The zero-order valence-electron chi connectivity index (χ0n) is 15.2. The maximum atomic E-state index is 12.1. The number of carbonyl (C=O) groups excluding carboxylic acids is 1. The first-order valence-electron chi connectivity index (χ1n) is 8.56. The summed E-state index contributed by atoms with van der Waals surface area (Å²) in [6, 6.07) is 12.9. The standard InChI is InChI=1S/C20H16N4O4/c1-12-8-9-15(10-21-12)20(25)26-11-16-22-23-19(27-16)17-13(2)28-24-18(17)14-6-4-3-5-7-14/h3-10H,11H2,1-2H3. The van der Waals surface area contributed by atoms with Gasteiger partial charge in [0.05, 0.1) is 5.56 Å². The second-order valence-electron chi connectivity index (χ2n) is 6.09. The third kappa shape index (κ3) is 3.52. The van der Waals surface area contributed by atoms with Crippen LogP contribution in [0.25, 0.3) is 22.7 Å². The molecule has 0 saturated heterocycles. The molecule has 0 atom stereocenters. The molecule has 0 spiro atoms. The molecule has 3 heterocycles. The second kappa shape index (κ2) is 7.43. The van der Waals surface area contributed by atoms with Gasteiger partial charge in [0.1, 0.15) is 17.0 Å². The number of esters is 1. The zero-order valence-corrected chi connectivity index (χ0v) is 15.2. The minimum atomic E-state index is -0.515. The molecule has 0 aliphatic heterocycles. The van der Waals surface area contributed by atoms with E-state index in [1.807, 2.05) is 37.3 Å². The molecule has 140 valence electrons. The van der Waals surface area contributed by atoms with Gasteiger partial charge in [-0.3, -0.25) is 4.98 Å². The largest absolute Gasteiger partial charge is 0.452 e. The number of nitrogens with zero attached hydrogens (tertiary/aromatic N) is 4. The Morgan fingerprint density at radius 2 is 1.89 bits per heavy atom. The van der Waals surface area contributed by atoms with E-state index in [1.54, 1.807) is 19.1 Å². The Labute approximate surface area is 160 Å². The molecule has 0 unspecified atom stereocenters. The van der Waals surface area contributed by atoms with E-state index in [4.69, 9.17) is 13.7 Å². The van der Waals surface area contributed by atoms with Crippen molar-refractivity contribution in [3.63, 3.8) is 0 Å². The van der Waals surface area contributed by atoms with Gasteiger partial charge in [-0.2, -0.15) is 0 Å². The van der Waals surface area contributed by atoms with E-state index in [0.29, 0.717) is 22.6 Å². The molecule has 0 aliphatic rings. The molecule has 1 aromatic carbocycles. The van der Waals surface area contributed by atoms with Crippen molar-refractivity contribution in [3.05, 3.63) is 71.6 Å². The van der Waals surface area contributed by atoms with Gasteiger partial charge in [0.15, 0.2) is 6.61 Å². The smallest absolute Gasteiger partial charge is 0.340 e. The Morgan fingerprint density at radius 1 is 1.07 bits per heavy atom. The normalized spacial score (nSPS) is 10.8. The minimum absolute atomic E-state index is 0.148. The van der Waals surface area contributed by atoms with Crippen LogP contribution in [0.5, 0.6) is 0 Å². The van der Waals surface area contributed by atoms with Crippen molar-refractivity contribution in [3.8, 4) is 22.7 Å². The summed E-state index contributed by atoms with van der Waals surface area (Å²) in [5, 5.41) is 12.1. The van der Waals surface area contributed by atoms with Gasteiger partial charge in [-0.05, 0) is 26.0 Å². The first kappa shape index (κ1) is 17.6. The highest BCUT2D eigenvalue weighted by Crippen LogP contribution is 2.33. The number of ether oxygens (including phenoxy) is 1. The van der Waals surface area contributed by atoms with Gasteiger partial charge < -0.3 is 13.7 Å². The molecule has 0 saturated carbocycles. The van der Waals surface area contributed by atoms with Crippen LogP contribution in [0, 0.1) is 13.8 Å². The average Bonchev–Trinajstić information content (AvgIpc) is 3.33. The predicted octanol–water partition coefficient (Wildman–Crippen LogP) is 3.76. The van der Waals surface area contributed by atoms with E-state index in [2.05, 4.69) is 20.3 Å². The molecule has 28 heavy (non-hydrogen) atoms. The first-order valence-corrected chi connectivity index (χ1v) is 8.56. The number of pyridine rings is 1. The van der Waals surface area contributed by atoms with Crippen molar-refractivity contribution >= 4 is 5.97 Å². The van der Waals surface area contributed by atoms with Gasteiger partial charge in [-0.25, -0.2) is 4.79 Å². The van der Waals surface area contributed by atoms with Crippen LogP contribution in [-0.2, 0) is 11.3 Å². The topological polar surface area (TPSA) is 104 Å². The molecular formula is C20H16N4O4. The van der Waals surface area contributed by atoms with Crippen LogP contribution >= 0.6 is 0 Å². The SMILES string of the molecule is Cc1ccc(C(=O)OCc2nnc(-c3c(-c4ccccc4)noc3C)o2)cn1. The fourth-order valence-corrected chi connectivity index (χ4v) is 2.63. The monoisotopic (exact) mass is 376 g/mol. The molecule has 3 aromatic heterocycles. The zero-order chi connectivity index (χ0) is 19.5. The molecule has 0 fully saturated rings. The average molecular weight is 376 g/mol. The quantitative estimate of drug-likeness (QED) is 0.485. The van der Waals surface area contributed by atoms with Crippen LogP contribution in [0.4, 0.5) is 0 Å². The van der Waals surface area contributed by atoms with Crippen LogP contribution < -0.4 is 0 Å². The lowest BCUT2D eigenvalue weighted by Gasteiger charge is -2.02. The van der Waals surface area contributed by atoms with Crippen LogP contribution in [-0.4, -0.2) is 26.3 Å². The maximum Gasteiger partial charge on any atom is 0.340 e. The Balaban J connectivity index is 1.52. The molecule has 0 radical (unpaired) electrons. The summed E-state index contributed by atoms with van der Waals surface area (Å²) < 4.78 is 16.2. The molecule has 8 heteroatoms. The van der Waals surface area contributed by atoms with Crippen LogP contribution in [0.1, 0.15) is 27.7 Å². The highest BCUT2D eigenvalue weighted by molar-refractivity contribution is 5.88. The molecule has 8 nitrogen and oxygen atoms in total. The maximum absolute atomic E-state index is 12.1. The number of hydrogen-bond donors (Lipinski definition) is 0. The summed E-state index contributed by atoms with van der Waals surface area (Å²) in [5.41, 5.74) is 3.26. The lowest BCUT2D eigenvalue weighted by Crippen LogP contribution is -2.06. The number of benzene rings is 1. The van der Waals surface area contributed by atoms with Crippen molar-refractivity contribution in [2.75, 3.05) is 0 Å². The number of hydrogen-bond acceptors (Lipinski definition) is 8. The molecule has 0 amide bonds. The van der Waals surface area contributed by atoms with Crippen molar-refractivity contribution < 1.29 is 18.5 Å². The Morgan fingerprint density at radius 3 is 2.64 bits per heavy atom. The lowest BCUT2D eigenvalue weighted by molar-refractivity contribution is 0.0438. The van der Waals surface area contributed by atoms with Crippen molar-refractivity contribution in [2.24, 2.45) is 0 Å². The summed E-state index contributed by atoms with van der Waals surface area (Å²) in [6.07, 6.45) is 1.46. The lowest BCUT2D eigenvalue weighted by atomic mass is 10.1. The van der Waals surface area contributed by atoms with Gasteiger partial charge in [0, 0.05) is 17.5 Å². The number of aryl methyl sites for hydroxylation is 2. The molecule has 4 aromatic rings. The number of carbonyl (C=O) groups is 1. The molecule has 0 aliphatic carbocycles. The van der Waals surface area contributed by atoms with Crippen LogP contribution in [0.3, 0.4) is 0 Å². The van der Waals surface area contributed by atoms with Crippen molar-refractivity contribution in [2.45, 2.75) is 20.5 Å². The van der Waals surface area contributed by atoms with E-state index < -0.39 is 5.97 Å². The molecular weight excluding hydrogens is 360 g/mol. The third-order valence-corrected chi connectivity index (χ3v) is 4.06. The van der Waals surface area contributed by atoms with E-state index in [0.717, 1.165) is 11.3 Å². The van der Waals surface area contributed by atoms with Gasteiger partial charge in [-0.15, -0.1) is 10.2 Å². The highest BCUT2D eigenvalue weighted by Gasteiger charge is 2.22. The molecule has 4 rings (SSSR count). The number of rotatable bonds is 5. The van der Waals surface area contributed by atoms with Crippen LogP contribution in [0.2, 0.25) is 0 Å². The van der Waals surface area contributed by atoms with Gasteiger partial charge >= 0.3 is 5.97 Å². The summed E-state index contributed by atoms with van der Waals surface area (Å²) in [6.45, 7) is 3.46. The Kier molecular flexibility index (Phi) is 4.67. The predicted molar refractivity (Wildman–Crippen MR) is 98.1 cm³/mol. The molecule has 0 N–H and O–H groups in total. The fourth-order valence-electron chi connectivity index (χ4n) is 2.63. The summed E-state index contributed by atoms with van der Waals surface area (Å²) >= 11 is 0. The van der Waals surface area contributed by atoms with Crippen LogP contribution in [0.15, 0.2) is 57.6 Å². The minimum Gasteiger partial charge on any atom is -0.452 e. The Hall–Kier alpha value is -3.81. The first-order chi connectivity index (χ1) is 13.6. The van der Waals surface area contributed by atoms with E-state index >= 15 is 0 Å². The van der Waals surface area contributed by atoms with Gasteiger partial charge in [-0.1, -0.05) is 35.5 Å². The van der Waals surface area contributed by atoms with E-state index in [9.17, 15) is 4.79 Å².